The molecule has 1 aromatic rings. The highest BCUT2D eigenvalue weighted by Gasteiger charge is 2.10. The Bertz CT molecular complexity index is 540. The molecule has 0 unspecified atom stereocenters. The largest absolute Gasteiger partial charge is 0.495 e. The molecule has 0 heterocycles. The van der Waals surface area contributed by atoms with Gasteiger partial charge in [0.15, 0.2) is 5.84 Å². The number of oxime groups is 1. The van der Waals surface area contributed by atoms with Gasteiger partial charge < -0.3 is 15.7 Å². The van der Waals surface area contributed by atoms with Crippen LogP contribution in [0, 0.1) is 0 Å². The number of nitrogens with zero attached hydrogens (tertiary/aromatic N) is 1. The van der Waals surface area contributed by atoms with E-state index in [0.717, 1.165) is 0 Å². The molecule has 0 radical (unpaired) electrons. The van der Waals surface area contributed by atoms with Crippen LogP contribution in [0.1, 0.15) is 5.56 Å². The van der Waals surface area contributed by atoms with Crippen molar-refractivity contribution in [2.45, 2.75) is 0 Å². The number of ether oxygens (including phenoxy) is 1. The van der Waals surface area contributed by atoms with Crippen molar-refractivity contribution < 1.29 is 18.4 Å². The van der Waals surface area contributed by atoms with Crippen molar-refractivity contribution in [1.29, 1.82) is 0 Å². The van der Waals surface area contributed by atoms with Crippen LogP contribution < -0.4 is 20.3 Å². The molecule has 0 saturated carbocycles. The van der Waals surface area contributed by atoms with Gasteiger partial charge in [0.1, 0.15) is 5.75 Å². The second-order valence-electron chi connectivity index (χ2n) is 3.05. The van der Waals surface area contributed by atoms with E-state index in [-0.39, 0.29) is 17.3 Å². The average Bonchev–Trinajstić information content (AvgIpc) is 2.26. The van der Waals surface area contributed by atoms with Crippen LogP contribution in [0.5, 0.6) is 5.75 Å². The van der Waals surface area contributed by atoms with Gasteiger partial charge >= 0.3 is 0 Å². The molecule has 0 fully saturated rings. The van der Waals surface area contributed by atoms with E-state index in [1.807, 2.05) is 0 Å². The predicted molar refractivity (Wildman–Crippen MR) is 62.2 cm³/mol. The summed E-state index contributed by atoms with van der Waals surface area (Å²) in [4.78, 5) is 0. The number of rotatable bonds is 4. The van der Waals surface area contributed by atoms with Crippen LogP contribution in [-0.2, 0) is 10.2 Å². The molecule has 0 atom stereocenters. The fourth-order valence-electron chi connectivity index (χ4n) is 1.15. The minimum absolute atomic E-state index is 0.120. The lowest BCUT2D eigenvalue weighted by atomic mass is 10.2. The first-order chi connectivity index (χ1) is 7.87. The smallest absolute Gasteiger partial charge is 0.296 e. The standard InChI is InChI=1S/C8H12N4O4S/c1-16-7-4-5(8(9)11-13)2-3-6(7)12-17(10,14)15/h2-4,12-13H,1H3,(H2,9,11)(H2,10,14,15). The molecule has 1 rings (SSSR count). The third-order valence-corrected chi connectivity index (χ3v) is 2.36. The normalized spacial score (nSPS) is 12.2. The lowest BCUT2D eigenvalue weighted by Crippen LogP contribution is -2.22. The minimum atomic E-state index is -3.89. The van der Waals surface area contributed by atoms with E-state index in [0.29, 0.717) is 5.56 Å². The van der Waals surface area contributed by atoms with Gasteiger partial charge in [-0.05, 0) is 18.2 Å². The Morgan fingerprint density at radius 3 is 2.65 bits per heavy atom. The van der Waals surface area contributed by atoms with E-state index in [2.05, 4.69) is 9.88 Å². The first kappa shape index (κ1) is 13.1. The van der Waals surface area contributed by atoms with Gasteiger partial charge in [0.05, 0.1) is 12.8 Å². The Labute approximate surface area is 98.0 Å². The average molecular weight is 260 g/mol. The van der Waals surface area contributed by atoms with Gasteiger partial charge in [-0.25, -0.2) is 5.14 Å². The Morgan fingerprint density at radius 2 is 2.18 bits per heavy atom. The van der Waals surface area contributed by atoms with Gasteiger partial charge in [0.2, 0.25) is 0 Å². The number of hydrogen-bond acceptors (Lipinski definition) is 5. The Balaban J connectivity index is 3.19. The van der Waals surface area contributed by atoms with Crippen LogP contribution in [0.3, 0.4) is 0 Å². The molecule has 1 aromatic carbocycles. The third-order valence-electron chi connectivity index (χ3n) is 1.86. The first-order valence-electron chi connectivity index (χ1n) is 4.34. The van der Waals surface area contributed by atoms with Crippen LogP contribution in [0.15, 0.2) is 23.4 Å². The number of nitrogens with two attached hydrogens (primary N) is 2. The number of hydrogen-bond donors (Lipinski definition) is 4. The van der Waals surface area contributed by atoms with Gasteiger partial charge in [0.25, 0.3) is 10.2 Å². The summed E-state index contributed by atoms with van der Waals surface area (Å²) in [6.07, 6.45) is 0. The van der Waals surface area contributed by atoms with E-state index in [1.54, 1.807) is 0 Å². The SMILES string of the molecule is COc1cc(/C(N)=N/O)ccc1NS(N)(=O)=O. The summed E-state index contributed by atoms with van der Waals surface area (Å²) in [5.41, 5.74) is 5.91. The van der Waals surface area contributed by atoms with Gasteiger partial charge in [-0.15, -0.1) is 0 Å². The van der Waals surface area contributed by atoms with Crippen molar-refractivity contribution >= 4 is 21.7 Å². The number of amidine groups is 1. The molecule has 94 valence electrons. The maximum absolute atomic E-state index is 10.9. The molecule has 0 amide bonds. The van der Waals surface area contributed by atoms with E-state index in [1.165, 1.54) is 25.3 Å². The molecule has 17 heavy (non-hydrogen) atoms. The monoisotopic (exact) mass is 260 g/mol. The van der Waals surface area contributed by atoms with E-state index in [9.17, 15) is 8.42 Å². The molecular formula is C8H12N4O4S. The van der Waals surface area contributed by atoms with Crippen LogP contribution >= 0.6 is 0 Å². The summed E-state index contributed by atoms with van der Waals surface area (Å²) in [7, 11) is -2.54. The van der Waals surface area contributed by atoms with Crippen molar-refractivity contribution in [3.63, 3.8) is 0 Å². The van der Waals surface area contributed by atoms with Gasteiger partial charge in [-0.1, -0.05) is 5.16 Å². The second-order valence-corrected chi connectivity index (χ2v) is 4.34. The highest BCUT2D eigenvalue weighted by molar-refractivity contribution is 7.90. The minimum Gasteiger partial charge on any atom is -0.495 e. The topological polar surface area (TPSA) is 140 Å². The molecule has 0 spiro atoms. The van der Waals surface area contributed by atoms with Gasteiger partial charge in [-0.3, -0.25) is 4.72 Å². The van der Waals surface area contributed by atoms with Crippen molar-refractivity contribution in [1.82, 2.24) is 0 Å². The van der Waals surface area contributed by atoms with Gasteiger partial charge in [-0.2, -0.15) is 8.42 Å². The molecule has 0 saturated heterocycles. The maximum Gasteiger partial charge on any atom is 0.296 e. The third kappa shape index (κ3) is 3.50. The number of methoxy groups -OCH3 is 1. The number of anilines is 1. The lowest BCUT2D eigenvalue weighted by molar-refractivity contribution is 0.318. The fraction of sp³-hybridized carbons (Fsp3) is 0.125. The molecule has 6 N–H and O–H groups in total. The molecule has 0 aliphatic rings. The summed E-state index contributed by atoms with van der Waals surface area (Å²) < 4.78 is 28.8. The van der Waals surface area contributed by atoms with Crippen molar-refractivity contribution in [3.8, 4) is 5.75 Å². The molecule has 0 aromatic heterocycles. The van der Waals surface area contributed by atoms with Crippen LogP contribution in [-0.4, -0.2) is 26.6 Å². The Hall–Kier alpha value is -2.00. The molecule has 8 nitrogen and oxygen atoms in total. The Kier molecular flexibility index (Phi) is 3.76. The highest BCUT2D eigenvalue weighted by atomic mass is 32.2. The second kappa shape index (κ2) is 4.89. The van der Waals surface area contributed by atoms with Gasteiger partial charge in [0, 0.05) is 5.56 Å². The zero-order chi connectivity index (χ0) is 13.1. The molecule has 0 bridgehead atoms. The van der Waals surface area contributed by atoms with E-state index < -0.39 is 10.2 Å². The van der Waals surface area contributed by atoms with Crippen LogP contribution in [0.2, 0.25) is 0 Å². The quantitative estimate of drug-likeness (QED) is 0.248. The summed E-state index contributed by atoms with van der Waals surface area (Å²) in [6.45, 7) is 0. The molecule has 9 heteroatoms. The Morgan fingerprint density at radius 1 is 1.53 bits per heavy atom. The van der Waals surface area contributed by atoms with E-state index in [4.69, 9.17) is 20.8 Å². The highest BCUT2D eigenvalue weighted by Crippen LogP contribution is 2.25. The fourth-order valence-corrected chi connectivity index (χ4v) is 1.62. The van der Waals surface area contributed by atoms with Crippen molar-refractivity contribution in [2.75, 3.05) is 11.8 Å². The van der Waals surface area contributed by atoms with E-state index >= 15 is 0 Å². The molecule has 0 aliphatic carbocycles. The predicted octanol–water partition coefficient (Wildman–Crippen LogP) is -0.595. The number of nitrogens with one attached hydrogen (secondary N) is 1. The molecular weight excluding hydrogens is 248 g/mol. The lowest BCUT2D eigenvalue weighted by Gasteiger charge is -2.10. The molecule has 0 aliphatic heterocycles. The van der Waals surface area contributed by atoms with Crippen molar-refractivity contribution in [3.05, 3.63) is 23.8 Å². The van der Waals surface area contributed by atoms with Crippen LogP contribution in [0.25, 0.3) is 0 Å². The van der Waals surface area contributed by atoms with Crippen LogP contribution in [0.4, 0.5) is 5.69 Å². The zero-order valence-electron chi connectivity index (χ0n) is 8.91. The summed E-state index contributed by atoms with van der Waals surface area (Å²) in [5, 5.41) is 16.1. The number of benzene rings is 1. The zero-order valence-corrected chi connectivity index (χ0v) is 9.73. The summed E-state index contributed by atoms with van der Waals surface area (Å²) >= 11 is 0. The summed E-state index contributed by atoms with van der Waals surface area (Å²) in [5.74, 6) is 0.0774. The first-order valence-corrected chi connectivity index (χ1v) is 5.88. The van der Waals surface area contributed by atoms with Crippen molar-refractivity contribution in [2.24, 2.45) is 16.0 Å². The maximum atomic E-state index is 10.9. The summed E-state index contributed by atoms with van der Waals surface area (Å²) in [6, 6.07) is 4.24.